The van der Waals surface area contributed by atoms with Gasteiger partial charge in [-0.1, -0.05) is 0 Å². The zero-order chi connectivity index (χ0) is 7.42. The summed E-state index contributed by atoms with van der Waals surface area (Å²) in [7, 11) is -0.679. The van der Waals surface area contributed by atoms with Gasteiger partial charge in [-0.15, -0.1) is 0 Å². The Hall–Kier alpha value is -1.52. The maximum Gasteiger partial charge on any atom is 0.864 e. The first-order valence-electron chi connectivity index (χ1n) is 3.20. The zero-order valence-corrected chi connectivity index (χ0v) is 5.40. The molecule has 0 aromatic heterocycles. The molecule has 1 N–H and O–H groups in total. The van der Waals surface area contributed by atoms with Crippen molar-refractivity contribution in [2.45, 2.75) is 0 Å². The second kappa shape index (κ2) is 1.39. The van der Waals surface area contributed by atoms with Crippen LogP contribution in [0.15, 0.2) is 12.1 Å². The van der Waals surface area contributed by atoms with Gasteiger partial charge in [0.05, 0.1) is 0 Å². The molecule has 1 aromatic carbocycles. The van der Waals surface area contributed by atoms with Gasteiger partial charge in [0.1, 0.15) is 5.75 Å². The highest BCUT2D eigenvalue weighted by molar-refractivity contribution is 6.43. The molecule has 0 spiro atoms. The van der Waals surface area contributed by atoms with Crippen molar-refractivity contribution >= 4 is 7.32 Å². The summed E-state index contributed by atoms with van der Waals surface area (Å²) in [5.74, 6) is 1.62. The maximum absolute atomic E-state index is 9.22. The molecule has 2 aliphatic rings. The SMILES string of the molecule is Oc1ccc2c3c1OB(O2)O3. The summed E-state index contributed by atoms with van der Waals surface area (Å²) in [6, 6.07) is 3.16. The Balaban J connectivity index is 2.38. The first kappa shape index (κ1) is 5.18. The van der Waals surface area contributed by atoms with Crippen LogP contribution in [-0.2, 0) is 0 Å². The molecule has 54 valence electrons. The monoisotopic (exact) mass is 150 g/mol. The molecule has 0 fully saturated rings. The van der Waals surface area contributed by atoms with E-state index in [9.17, 15) is 5.11 Å². The van der Waals surface area contributed by atoms with Crippen LogP contribution >= 0.6 is 0 Å². The minimum absolute atomic E-state index is 0.0922. The predicted molar refractivity (Wildman–Crippen MR) is 35.7 cm³/mol. The van der Waals surface area contributed by atoms with Crippen LogP contribution in [0.1, 0.15) is 0 Å². The van der Waals surface area contributed by atoms with Gasteiger partial charge in [-0.3, -0.25) is 0 Å². The molecule has 2 heterocycles. The minimum atomic E-state index is -0.679. The van der Waals surface area contributed by atoms with Crippen LogP contribution in [0.2, 0.25) is 0 Å². The van der Waals surface area contributed by atoms with Crippen LogP contribution in [-0.4, -0.2) is 12.4 Å². The van der Waals surface area contributed by atoms with Gasteiger partial charge in [0.15, 0.2) is 17.2 Å². The van der Waals surface area contributed by atoms with E-state index in [1.165, 1.54) is 6.07 Å². The minimum Gasteiger partial charge on any atom is -0.504 e. The molecule has 0 aliphatic carbocycles. The van der Waals surface area contributed by atoms with Crippen molar-refractivity contribution in [3.8, 4) is 23.0 Å². The van der Waals surface area contributed by atoms with E-state index in [1.807, 2.05) is 0 Å². The van der Waals surface area contributed by atoms with Crippen molar-refractivity contribution in [3.63, 3.8) is 0 Å². The molecule has 5 heteroatoms. The van der Waals surface area contributed by atoms with Crippen molar-refractivity contribution < 1.29 is 19.1 Å². The molecule has 0 radical (unpaired) electrons. The van der Waals surface area contributed by atoms with Crippen molar-refractivity contribution in [2.75, 3.05) is 0 Å². The number of phenols is 1. The smallest absolute Gasteiger partial charge is 0.504 e. The Bertz CT molecular complexity index is 338. The highest BCUT2D eigenvalue weighted by atomic mass is 16.8. The van der Waals surface area contributed by atoms with Crippen molar-refractivity contribution in [1.82, 2.24) is 0 Å². The fourth-order valence-corrected chi connectivity index (χ4v) is 1.22. The van der Waals surface area contributed by atoms with Crippen LogP contribution < -0.4 is 14.0 Å². The fraction of sp³-hybridized carbons (Fsp3) is 0. The molecule has 3 rings (SSSR count). The van der Waals surface area contributed by atoms with Crippen LogP contribution in [0.4, 0.5) is 0 Å². The summed E-state index contributed by atoms with van der Waals surface area (Å²) >= 11 is 0. The molecule has 0 amide bonds. The Morgan fingerprint density at radius 1 is 1.09 bits per heavy atom. The van der Waals surface area contributed by atoms with E-state index in [4.69, 9.17) is 14.0 Å². The van der Waals surface area contributed by atoms with E-state index in [1.54, 1.807) is 6.07 Å². The second-order valence-corrected chi connectivity index (χ2v) is 2.38. The molecule has 1 aromatic rings. The average Bonchev–Trinajstić information content (AvgIpc) is 2.54. The summed E-state index contributed by atoms with van der Waals surface area (Å²) in [6.07, 6.45) is 0. The summed E-state index contributed by atoms with van der Waals surface area (Å²) in [6.45, 7) is 0. The quantitative estimate of drug-likeness (QED) is 0.548. The zero-order valence-electron chi connectivity index (χ0n) is 5.40. The van der Waals surface area contributed by atoms with Crippen LogP contribution in [0, 0.1) is 0 Å². The Labute approximate surface area is 62.5 Å². The normalized spacial score (nSPS) is 15.8. The lowest BCUT2D eigenvalue weighted by Crippen LogP contribution is -2.29. The first-order chi connectivity index (χ1) is 5.34. The lowest BCUT2D eigenvalue weighted by atomic mass is 10.2. The van der Waals surface area contributed by atoms with E-state index < -0.39 is 7.32 Å². The molecule has 11 heavy (non-hydrogen) atoms. The number of phenolic OH excluding ortho intramolecular Hbond substituents is 1. The number of fused-ring (bicyclic) bond motifs is 1. The lowest BCUT2D eigenvalue weighted by molar-refractivity contribution is 0.366. The van der Waals surface area contributed by atoms with Gasteiger partial charge >= 0.3 is 7.32 Å². The molecule has 2 bridgehead atoms. The van der Waals surface area contributed by atoms with E-state index in [2.05, 4.69) is 0 Å². The molecular formula is C6H3BO4. The molecular weight excluding hydrogens is 147 g/mol. The lowest BCUT2D eigenvalue weighted by Gasteiger charge is -2.08. The van der Waals surface area contributed by atoms with Gasteiger partial charge in [0.2, 0.25) is 0 Å². The Morgan fingerprint density at radius 3 is 2.64 bits per heavy atom. The molecule has 0 unspecified atom stereocenters. The summed E-state index contributed by atoms with van der Waals surface area (Å²) in [4.78, 5) is 0. The van der Waals surface area contributed by atoms with E-state index >= 15 is 0 Å². The number of rotatable bonds is 0. The van der Waals surface area contributed by atoms with Gasteiger partial charge in [-0.2, -0.15) is 0 Å². The highest BCUT2D eigenvalue weighted by Gasteiger charge is 2.48. The van der Waals surface area contributed by atoms with E-state index in [0.29, 0.717) is 17.2 Å². The van der Waals surface area contributed by atoms with E-state index in [-0.39, 0.29) is 5.75 Å². The fourth-order valence-electron chi connectivity index (χ4n) is 1.22. The standard InChI is InChI=1S/C6H3BO4/c8-3-1-2-4-6-5(3)10-7(9-4)11-6/h1-2,8H. The first-order valence-corrected chi connectivity index (χ1v) is 3.20. The third-order valence-electron chi connectivity index (χ3n) is 1.71. The number of aromatic hydroxyl groups is 1. The second-order valence-electron chi connectivity index (χ2n) is 2.38. The molecule has 0 saturated heterocycles. The highest BCUT2D eigenvalue weighted by Crippen LogP contribution is 2.51. The maximum atomic E-state index is 9.22. The van der Waals surface area contributed by atoms with Gasteiger partial charge in [0.25, 0.3) is 0 Å². The molecule has 2 aliphatic heterocycles. The summed E-state index contributed by atoms with van der Waals surface area (Å²) in [5.41, 5.74) is 0. The van der Waals surface area contributed by atoms with Crippen molar-refractivity contribution in [2.24, 2.45) is 0 Å². The molecule has 0 saturated carbocycles. The third kappa shape index (κ3) is 0.472. The van der Waals surface area contributed by atoms with E-state index in [0.717, 1.165) is 0 Å². The number of hydrogen-bond donors (Lipinski definition) is 1. The summed E-state index contributed by atoms with van der Waals surface area (Å²) < 4.78 is 15.2. The van der Waals surface area contributed by atoms with Crippen LogP contribution in [0.5, 0.6) is 23.0 Å². The summed E-state index contributed by atoms with van der Waals surface area (Å²) in [5, 5.41) is 9.22. The van der Waals surface area contributed by atoms with Gasteiger partial charge in [-0.05, 0) is 12.1 Å². The van der Waals surface area contributed by atoms with Crippen LogP contribution in [0.25, 0.3) is 0 Å². The molecule has 4 nitrogen and oxygen atoms in total. The van der Waals surface area contributed by atoms with Crippen molar-refractivity contribution in [3.05, 3.63) is 12.1 Å². The molecule has 0 atom stereocenters. The Morgan fingerprint density at radius 2 is 1.91 bits per heavy atom. The Kier molecular flexibility index (Phi) is 0.655. The van der Waals surface area contributed by atoms with Crippen LogP contribution in [0.3, 0.4) is 0 Å². The number of benzene rings is 1. The third-order valence-corrected chi connectivity index (χ3v) is 1.71. The van der Waals surface area contributed by atoms with Gasteiger partial charge < -0.3 is 19.1 Å². The number of hydrogen-bond acceptors (Lipinski definition) is 4. The van der Waals surface area contributed by atoms with Crippen molar-refractivity contribution in [1.29, 1.82) is 0 Å². The average molecular weight is 150 g/mol. The topological polar surface area (TPSA) is 47.9 Å². The largest absolute Gasteiger partial charge is 0.864 e. The van der Waals surface area contributed by atoms with Gasteiger partial charge in [0, 0.05) is 0 Å². The predicted octanol–water partition coefficient (Wildman–Crippen LogP) is 0.541. The van der Waals surface area contributed by atoms with Gasteiger partial charge in [-0.25, -0.2) is 0 Å².